The molecule has 0 aliphatic carbocycles. The summed E-state index contributed by atoms with van der Waals surface area (Å²) >= 11 is 6.05. The second kappa shape index (κ2) is 6.40. The molecule has 3 N–H and O–H groups in total. The Hall–Kier alpha value is -3.13. The quantitative estimate of drug-likeness (QED) is 0.284. The molecule has 128 valence electrons. The van der Waals surface area contributed by atoms with Crippen LogP contribution in [-0.2, 0) is 4.79 Å². The lowest BCUT2D eigenvalue weighted by Crippen LogP contribution is -2.63. The number of amides is 2. The fraction of sp³-hybridized carbons (Fsp3) is 0.125. The fourth-order valence-electron chi connectivity index (χ4n) is 2.50. The molecule has 2 aromatic rings. The third-order valence-corrected chi connectivity index (χ3v) is 4.29. The highest BCUT2D eigenvalue weighted by atomic mass is 35.5. The van der Waals surface area contributed by atoms with Crippen molar-refractivity contribution in [2.24, 2.45) is 0 Å². The Labute approximate surface area is 147 Å². The molecule has 0 spiro atoms. The molecular weight excluding hydrogens is 348 g/mol. The number of hydrogen-bond donors (Lipinski definition) is 2. The van der Waals surface area contributed by atoms with E-state index in [1.165, 1.54) is 36.4 Å². The van der Waals surface area contributed by atoms with E-state index in [4.69, 9.17) is 17.3 Å². The Morgan fingerprint density at radius 3 is 2.32 bits per heavy atom. The van der Waals surface area contributed by atoms with Gasteiger partial charge in [-0.2, -0.15) is 0 Å². The highest BCUT2D eigenvalue weighted by molar-refractivity contribution is 6.33. The van der Waals surface area contributed by atoms with Crippen LogP contribution < -0.4 is 11.2 Å². The summed E-state index contributed by atoms with van der Waals surface area (Å²) in [5, 5.41) is 11.0. The molecule has 8 nitrogen and oxygen atoms in total. The van der Waals surface area contributed by atoms with Gasteiger partial charge in [0.15, 0.2) is 0 Å². The van der Waals surface area contributed by atoms with Crippen molar-refractivity contribution >= 4 is 34.8 Å². The predicted octanol–water partition coefficient (Wildman–Crippen LogP) is 2.01. The summed E-state index contributed by atoms with van der Waals surface area (Å²) in [4.78, 5) is 34.4. The van der Waals surface area contributed by atoms with Crippen molar-refractivity contribution in [1.29, 1.82) is 0 Å². The average Bonchev–Trinajstić information content (AvgIpc) is 2.61. The van der Waals surface area contributed by atoms with Gasteiger partial charge in [-0.3, -0.25) is 25.1 Å². The Morgan fingerprint density at radius 2 is 1.76 bits per heavy atom. The number of hydrogen-bond acceptors (Lipinski definition) is 5. The third kappa shape index (κ3) is 3.11. The zero-order valence-electron chi connectivity index (χ0n) is 12.8. The maximum absolute atomic E-state index is 12.3. The number of hydrazine groups is 1. The molecule has 2 amide bonds. The number of non-ortho nitro benzene ring substituents is 1. The van der Waals surface area contributed by atoms with E-state index in [0.29, 0.717) is 16.8 Å². The number of nitro groups is 1. The van der Waals surface area contributed by atoms with Crippen LogP contribution in [0.15, 0.2) is 48.5 Å². The molecule has 1 fully saturated rings. The number of rotatable bonds is 4. The summed E-state index contributed by atoms with van der Waals surface area (Å²) < 4.78 is 0. The summed E-state index contributed by atoms with van der Waals surface area (Å²) in [5.41, 5.74) is 9.44. The number of carbonyl (C=O) groups is 2. The Morgan fingerprint density at radius 1 is 1.16 bits per heavy atom. The summed E-state index contributed by atoms with van der Waals surface area (Å²) in [6, 6.07) is 11.3. The van der Waals surface area contributed by atoms with Gasteiger partial charge < -0.3 is 5.73 Å². The van der Waals surface area contributed by atoms with Gasteiger partial charge in [-0.15, -0.1) is 11.6 Å². The number of nitrogens with two attached hydrogens (primary N) is 1. The molecule has 1 aliphatic rings. The second-order valence-corrected chi connectivity index (χ2v) is 5.94. The van der Waals surface area contributed by atoms with Gasteiger partial charge in [-0.05, 0) is 42.0 Å². The van der Waals surface area contributed by atoms with Crippen molar-refractivity contribution in [3.05, 3.63) is 69.8 Å². The number of β-lactam (4-membered cyclic amide) rings is 1. The maximum Gasteiger partial charge on any atom is 0.269 e. The first-order valence-electron chi connectivity index (χ1n) is 7.26. The molecule has 0 radical (unpaired) electrons. The van der Waals surface area contributed by atoms with Crippen molar-refractivity contribution in [2.45, 2.75) is 11.4 Å². The van der Waals surface area contributed by atoms with E-state index in [1.54, 1.807) is 12.1 Å². The van der Waals surface area contributed by atoms with Gasteiger partial charge in [0.1, 0.15) is 11.4 Å². The van der Waals surface area contributed by atoms with Crippen molar-refractivity contribution in [1.82, 2.24) is 10.4 Å². The SMILES string of the molecule is Nc1ccc(C(=O)NN2C(=O)[C@H](Cl)[C@@H]2c2ccc([N+](=O)[O-])cc2)cc1. The summed E-state index contributed by atoms with van der Waals surface area (Å²) in [6.07, 6.45) is 0. The normalized spacial score (nSPS) is 19.2. The molecule has 0 unspecified atom stereocenters. The van der Waals surface area contributed by atoms with Gasteiger partial charge in [0.2, 0.25) is 0 Å². The molecule has 2 atom stereocenters. The topological polar surface area (TPSA) is 119 Å². The van der Waals surface area contributed by atoms with Gasteiger partial charge in [0.25, 0.3) is 17.5 Å². The van der Waals surface area contributed by atoms with Crippen molar-refractivity contribution < 1.29 is 14.5 Å². The number of carbonyl (C=O) groups excluding carboxylic acids is 2. The van der Waals surface area contributed by atoms with Gasteiger partial charge in [0, 0.05) is 23.4 Å². The first kappa shape index (κ1) is 16.7. The van der Waals surface area contributed by atoms with E-state index in [-0.39, 0.29) is 5.69 Å². The Bertz CT molecular complexity index is 838. The zero-order chi connectivity index (χ0) is 18.1. The summed E-state index contributed by atoms with van der Waals surface area (Å²) in [7, 11) is 0. The van der Waals surface area contributed by atoms with E-state index < -0.39 is 28.2 Å². The largest absolute Gasteiger partial charge is 0.399 e. The Kier molecular flexibility index (Phi) is 4.28. The van der Waals surface area contributed by atoms with Crippen LogP contribution in [0.25, 0.3) is 0 Å². The number of nitrogens with one attached hydrogen (secondary N) is 1. The van der Waals surface area contributed by atoms with Crippen LogP contribution >= 0.6 is 11.6 Å². The number of halogens is 1. The molecule has 0 bridgehead atoms. The van der Waals surface area contributed by atoms with Crippen molar-refractivity contribution in [3.63, 3.8) is 0 Å². The molecule has 1 aliphatic heterocycles. The van der Waals surface area contributed by atoms with Gasteiger partial charge in [-0.1, -0.05) is 0 Å². The number of nitrogens with zero attached hydrogens (tertiary/aromatic N) is 2. The lowest BCUT2D eigenvalue weighted by atomic mass is 9.95. The molecule has 25 heavy (non-hydrogen) atoms. The molecule has 0 aromatic heterocycles. The fourth-order valence-corrected chi connectivity index (χ4v) is 2.86. The predicted molar refractivity (Wildman–Crippen MR) is 90.6 cm³/mol. The Balaban J connectivity index is 1.78. The minimum atomic E-state index is -0.854. The average molecular weight is 361 g/mol. The van der Waals surface area contributed by atoms with Crippen LogP contribution in [0.3, 0.4) is 0 Å². The number of nitro benzene ring substituents is 1. The van der Waals surface area contributed by atoms with Crippen LogP contribution in [0.1, 0.15) is 22.0 Å². The monoisotopic (exact) mass is 360 g/mol. The van der Waals surface area contributed by atoms with Crippen LogP contribution in [0.4, 0.5) is 11.4 Å². The van der Waals surface area contributed by atoms with Crippen LogP contribution in [0.2, 0.25) is 0 Å². The molecule has 1 saturated heterocycles. The van der Waals surface area contributed by atoms with E-state index >= 15 is 0 Å². The highest BCUT2D eigenvalue weighted by Gasteiger charge is 2.48. The number of nitrogen functional groups attached to an aromatic ring is 1. The van der Waals surface area contributed by atoms with E-state index in [9.17, 15) is 19.7 Å². The molecule has 3 rings (SSSR count). The molecular formula is C16H13ClN4O4. The molecule has 0 saturated carbocycles. The number of benzene rings is 2. The smallest absolute Gasteiger partial charge is 0.269 e. The number of anilines is 1. The summed E-state index contributed by atoms with van der Waals surface area (Å²) in [6.45, 7) is 0. The first-order valence-corrected chi connectivity index (χ1v) is 7.70. The number of alkyl halides is 1. The first-order chi connectivity index (χ1) is 11.9. The minimum Gasteiger partial charge on any atom is -0.399 e. The van der Waals surface area contributed by atoms with Crippen LogP contribution in [-0.4, -0.2) is 27.1 Å². The van der Waals surface area contributed by atoms with E-state index in [1.807, 2.05) is 0 Å². The zero-order valence-corrected chi connectivity index (χ0v) is 13.5. The maximum atomic E-state index is 12.3. The molecule has 9 heteroatoms. The second-order valence-electron chi connectivity index (χ2n) is 5.47. The van der Waals surface area contributed by atoms with Crippen LogP contribution in [0.5, 0.6) is 0 Å². The van der Waals surface area contributed by atoms with Crippen molar-refractivity contribution in [2.75, 3.05) is 5.73 Å². The standard InChI is InChI=1S/C16H13ClN4O4/c17-13-14(9-3-7-12(8-4-9)21(24)25)20(16(13)23)19-15(22)10-1-5-11(18)6-2-10/h1-8,13-14H,18H2,(H,19,22)/t13-,14+/m1/s1. The van der Waals surface area contributed by atoms with Crippen LogP contribution in [0, 0.1) is 10.1 Å². The molecule has 1 heterocycles. The lowest BCUT2D eigenvalue weighted by molar-refractivity contribution is -0.384. The van der Waals surface area contributed by atoms with Gasteiger partial charge in [-0.25, -0.2) is 5.01 Å². The van der Waals surface area contributed by atoms with Gasteiger partial charge in [0.05, 0.1) is 4.92 Å². The molecule has 2 aromatic carbocycles. The van der Waals surface area contributed by atoms with Gasteiger partial charge >= 0.3 is 0 Å². The summed E-state index contributed by atoms with van der Waals surface area (Å²) in [5.74, 6) is -0.933. The van der Waals surface area contributed by atoms with E-state index in [0.717, 1.165) is 5.01 Å². The highest BCUT2D eigenvalue weighted by Crippen LogP contribution is 2.37. The minimum absolute atomic E-state index is 0.0713. The van der Waals surface area contributed by atoms with E-state index in [2.05, 4.69) is 5.43 Å². The van der Waals surface area contributed by atoms with Crippen molar-refractivity contribution in [3.8, 4) is 0 Å². The lowest BCUT2D eigenvalue weighted by Gasteiger charge is -2.43. The third-order valence-electron chi connectivity index (χ3n) is 3.87.